The van der Waals surface area contributed by atoms with Gasteiger partial charge in [-0.25, -0.2) is 4.39 Å². The van der Waals surface area contributed by atoms with Crippen molar-refractivity contribution in [2.45, 2.75) is 30.3 Å². The highest BCUT2D eigenvalue weighted by Gasteiger charge is 2.28. The Balaban J connectivity index is 1.28. The molecule has 2 aromatic carbocycles. The minimum absolute atomic E-state index is 0.211. The van der Waals surface area contributed by atoms with Gasteiger partial charge in [-0.05, 0) is 43.2 Å². The molecule has 0 aliphatic carbocycles. The molecule has 0 bridgehead atoms. The summed E-state index contributed by atoms with van der Waals surface area (Å²) >= 11 is 8.44. The number of halogens is 2. The fourth-order valence-corrected chi connectivity index (χ4v) is 7.07. The number of piperidine rings is 1. The molecule has 0 radical (unpaired) electrons. The van der Waals surface area contributed by atoms with Gasteiger partial charge in [-0.15, -0.1) is 11.8 Å². The number of carbonyl (C=O) groups is 1. The Morgan fingerprint density at radius 3 is 2.67 bits per heavy atom. The fraction of sp³-hybridized carbons (Fsp3) is 0.379. The molecule has 3 aromatic rings. The molecule has 3 heterocycles. The van der Waals surface area contributed by atoms with Crippen LogP contribution in [-0.2, 0) is 6.54 Å². The second-order valence-electron chi connectivity index (χ2n) is 9.88. The van der Waals surface area contributed by atoms with E-state index in [4.69, 9.17) is 16.3 Å². The quantitative estimate of drug-likeness (QED) is 0.447. The summed E-state index contributed by atoms with van der Waals surface area (Å²) in [5.74, 6) is 0.826. The highest BCUT2D eigenvalue weighted by Crippen LogP contribution is 2.41. The molecule has 0 unspecified atom stereocenters. The Hall–Kier alpha value is -3.01. The summed E-state index contributed by atoms with van der Waals surface area (Å²) in [5, 5.41) is 3.97. The lowest BCUT2D eigenvalue weighted by atomic mass is 10.0. The van der Waals surface area contributed by atoms with Gasteiger partial charge in [-0.2, -0.15) is 0 Å². The van der Waals surface area contributed by atoms with E-state index >= 15 is 0 Å². The first-order valence-electron chi connectivity index (χ1n) is 13.0. The van der Waals surface area contributed by atoms with Gasteiger partial charge < -0.3 is 24.4 Å². The lowest BCUT2D eigenvalue weighted by molar-refractivity contribution is 0.0964. The molecule has 1 amide bonds. The number of methoxy groups -OCH3 is 1. The van der Waals surface area contributed by atoms with Crippen LogP contribution in [0.25, 0.3) is 15.9 Å². The van der Waals surface area contributed by atoms with E-state index in [2.05, 4.69) is 22.2 Å². The van der Waals surface area contributed by atoms with E-state index in [9.17, 15) is 14.0 Å². The van der Waals surface area contributed by atoms with Crippen LogP contribution in [0.1, 0.15) is 28.8 Å². The lowest BCUT2D eigenvalue weighted by Gasteiger charge is -2.40. The van der Waals surface area contributed by atoms with E-state index in [1.165, 1.54) is 18.2 Å². The van der Waals surface area contributed by atoms with Crippen molar-refractivity contribution in [3.8, 4) is 5.75 Å². The predicted octanol–water partition coefficient (Wildman–Crippen LogP) is 4.62. The molecule has 206 valence electrons. The van der Waals surface area contributed by atoms with Crippen LogP contribution in [0, 0.1) is 5.82 Å². The number of fused-ring (bicyclic) bond motifs is 2. The van der Waals surface area contributed by atoms with E-state index in [1.54, 1.807) is 42.6 Å². The molecule has 10 heteroatoms. The first-order chi connectivity index (χ1) is 18.8. The Labute approximate surface area is 236 Å². The van der Waals surface area contributed by atoms with Crippen LogP contribution in [0.15, 0.2) is 57.9 Å². The molecule has 0 atom stereocenters. The molecule has 2 aliphatic heterocycles. The lowest BCUT2D eigenvalue weighted by Crippen LogP contribution is -2.44. The second kappa shape index (κ2) is 11.6. The smallest absolute Gasteiger partial charge is 0.251 e. The summed E-state index contributed by atoms with van der Waals surface area (Å²) in [5.41, 5.74) is 2.64. The van der Waals surface area contributed by atoms with Gasteiger partial charge in [-0.1, -0.05) is 11.6 Å². The summed E-state index contributed by atoms with van der Waals surface area (Å²) in [7, 11) is 5.22. The molecule has 0 spiro atoms. The van der Waals surface area contributed by atoms with Gasteiger partial charge in [0.15, 0.2) is 0 Å². The number of aromatic nitrogens is 1. The Bertz CT molecular complexity index is 1500. The number of pyridine rings is 1. The first kappa shape index (κ1) is 27.6. The maximum absolute atomic E-state index is 13.9. The number of carbonyl (C=O) groups excluding carboxylic acids is 1. The normalized spacial score (nSPS) is 16.3. The largest absolute Gasteiger partial charge is 0.497 e. The number of benzene rings is 2. The molecule has 39 heavy (non-hydrogen) atoms. The maximum Gasteiger partial charge on any atom is 0.251 e. The van der Waals surface area contributed by atoms with Gasteiger partial charge >= 0.3 is 0 Å². The van der Waals surface area contributed by atoms with Crippen molar-refractivity contribution < 1.29 is 13.9 Å². The zero-order valence-electron chi connectivity index (χ0n) is 22.3. The van der Waals surface area contributed by atoms with Crippen LogP contribution in [0.5, 0.6) is 5.75 Å². The number of nitrogens with zero attached hydrogens (tertiary/aromatic N) is 3. The molecule has 1 aromatic heterocycles. The van der Waals surface area contributed by atoms with Crippen LogP contribution in [-0.4, -0.2) is 72.9 Å². The van der Waals surface area contributed by atoms with Crippen LogP contribution in [0.3, 0.4) is 0 Å². The third kappa shape index (κ3) is 5.53. The van der Waals surface area contributed by atoms with Gasteiger partial charge in [-0.3, -0.25) is 9.59 Å². The van der Waals surface area contributed by atoms with Crippen molar-refractivity contribution in [1.29, 1.82) is 0 Å². The Morgan fingerprint density at radius 1 is 1.18 bits per heavy atom. The van der Waals surface area contributed by atoms with Crippen molar-refractivity contribution in [1.82, 2.24) is 19.7 Å². The third-order valence-corrected chi connectivity index (χ3v) is 9.26. The van der Waals surface area contributed by atoms with Crippen molar-refractivity contribution >= 4 is 45.2 Å². The molecule has 1 saturated heterocycles. The monoisotopic (exact) mass is 570 g/mol. The van der Waals surface area contributed by atoms with Gasteiger partial charge in [0.25, 0.3) is 11.5 Å². The van der Waals surface area contributed by atoms with E-state index in [-0.39, 0.29) is 17.3 Å². The van der Waals surface area contributed by atoms with Gasteiger partial charge in [0, 0.05) is 85.7 Å². The van der Waals surface area contributed by atoms with Crippen LogP contribution >= 0.6 is 23.4 Å². The third-order valence-electron chi connectivity index (χ3n) is 7.76. The summed E-state index contributed by atoms with van der Waals surface area (Å²) in [6.45, 7) is 3.01. The zero-order valence-corrected chi connectivity index (χ0v) is 23.9. The molecular formula is C29H32ClFN4O3S. The molecular weight excluding hydrogens is 539 g/mol. The number of amides is 1. The van der Waals surface area contributed by atoms with Crippen molar-refractivity contribution in [3.63, 3.8) is 0 Å². The first-order valence-corrected chi connectivity index (χ1v) is 14.4. The van der Waals surface area contributed by atoms with Crippen molar-refractivity contribution in [2.75, 3.05) is 46.6 Å². The fourth-order valence-electron chi connectivity index (χ4n) is 5.45. The number of hydrogen-bond acceptors (Lipinski definition) is 6. The summed E-state index contributed by atoms with van der Waals surface area (Å²) < 4.78 is 21.0. The van der Waals surface area contributed by atoms with E-state index < -0.39 is 0 Å². The van der Waals surface area contributed by atoms with Crippen LogP contribution < -0.4 is 15.6 Å². The minimum Gasteiger partial charge on any atom is -0.497 e. The predicted molar refractivity (Wildman–Crippen MR) is 155 cm³/mol. The maximum atomic E-state index is 13.9. The minimum atomic E-state index is -0.291. The summed E-state index contributed by atoms with van der Waals surface area (Å²) in [6.07, 6.45) is 1.92. The van der Waals surface area contributed by atoms with Crippen LogP contribution in [0.2, 0.25) is 0 Å². The topological polar surface area (TPSA) is 66.8 Å². The number of nitrogens with one attached hydrogen (secondary N) is 1. The van der Waals surface area contributed by atoms with Gasteiger partial charge in [0.05, 0.1) is 23.2 Å². The average Bonchev–Trinajstić information content (AvgIpc) is 2.96. The molecule has 1 fully saturated rings. The standard InChI is InChI=1S/C29H32ClFN4O3S/c1-32-29(37)22-16-27(36)35(24-15-20(38-3)5-6-21(22)24)13-12-34-10-8-19(9-11-34)33(2)25-17-39-26-7-4-18(31)14-23(26)28(25)30/h4-7,14-16,19H,8-13,17H2,1-3H3,(H,32,37). The summed E-state index contributed by atoms with van der Waals surface area (Å²) in [4.78, 5) is 31.1. The van der Waals surface area contributed by atoms with E-state index in [0.29, 0.717) is 46.4 Å². The number of rotatable bonds is 7. The number of thioether (sulfide) groups is 1. The van der Waals surface area contributed by atoms with Crippen LogP contribution in [0.4, 0.5) is 4.39 Å². The second-order valence-corrected chi connectivity index (χ2v) is 11.3. The Morgan fingerprint density at radius 2 is 1.95 bits per heavy atom. The van der Waals surface area contributed by atoms with Crippen molar-refractivity contribution in [2.24, 2.45) is 0 Å². The van der Waals surface area contributed by atoms with Gasteiger partial charge in [0.2, 0.25) is 0 Å². The molecule has 2 aliphatic rings. The SMILES string of the molecule is CNC(=O)c1cc(=O)n(CCN2CCC(N(C)C3=C(Cl)c4cc(F)ccc4SC3)CC2)c2cc(OC)ccc12. The number of hydrogen-bond donors (Lipinski definition) is 1. The van der Waals surface area contributed by atoms with Gasteiger partial charge in [0.1, 0.15) is 11.6 Å². The average molecular weight is 571 g/mol. The van der Waals surface area contributed by atoms with E-state index in [1.807, 2.05) is 12.1 Å². The highest BCUT2D eigenvalue weighted by molar-refractivity contribution is 7.99. The molecule has 0 saturated carbocycles. The number of likely N-dealkylation sites (tertiary alicyclic amines) is 1. The zero-order chi connectivity index (χ0) is 27.7. The molecule has 5 rings (SSSR count). The summed E-state index contributed by atoms with van der Waals surface area (Å²) in [6, 6.07) is 12.0. The Kier molecular flexibility index (Phi) is 8.21. The molecule has 7 nitrogen and oxygen atoms in total. The van der Waals surface area contributed by atoms with E-state index in [0.717, 1.165) is 47.8 Å². The van der Waals surface area contributed by atoms with Crippen molar-refractivity contribution in [3.05, 3.63) is 75.5 Å². The highest BCUT2D eigenvalue weighted by atomic mass is 35.5. The molecule has 1 N–H and O–H groups in total. The number of ether oxygens (including phenoxy) is 1.